The van der Waals surface area contributed by atoms with Gasteiger partial charge in [0.25, 0.3) is 15.9 Å². The van der Waals surface area contributed by atoms with Crippen LogP contribution in [0.5, 0.6) is 0 Å². The number of fused-ring (bicyclic) bond motifs is 1. The first-order valence-corrected chi connectivity index (χ1v) is 11.0. The molecule has 0 bridgehead atoms. The molecule has 1 aromatic carbocycles. The summed E-state index contributed by atoms with van der Waals surface area (Å²) >= 11 is 0. The minimum absolute atomic E-state index is 0.154. The van der Waals surface area contributed by atoms with Crippen molar-refractivity contribution in [3.63, 3.8) is 0 Å². The number of carbonyl (C=O) groups excluding carboxylic acids is 2. The van der Waals surface area contributed by atoms with Crippen LogP contribution in [-0.2, 0) is 24.3 Å². The number of esters is 1. The largest absolute Gasteiger partial charge is 0.455 e. The van der Waals surface area contributed by atoms with E-state index in [0.717, 1.165) is 32.4 Å². The molecular weight excluding hydrogens is 382 g/mol. The minimum atomic E-state index is -3.69. The van der Waals surface area contributed by atoms with Gasteiger partial charge in [-0.1, -0.05) is 12.1 Å². The second-order valence-corrected chi connectivity index (χ2v) is 8.94. The average Bonchev–Trinajstić information content (AvgIpc) is 3.33. The molecule has 2 fully saturated rings. The highest BCUT2D eigenvalue weighted by Gasteiger charge is 2.35. The van der Waals surface area contributed by atoms with Crippen molar-refractivity contribution >= 4 is 27.7 Å². The van der Waals surface area contributed by atoms with E-state index in [4.69, 9.17) is 4.74 Å². The van der Waals surface area contributed by atoms with Crippen molar-refractivity contribution in [2.45, 2.75) is 30.6 Å². The third-order valence-electron chi connectivity index (χ3n) is 5.46. The molecule has 0 N–H and O–H groups in total. The zero-order chi connectivity index (χ0) is 19.7. The number of amidine groups is 1. The van der Waals surface area contributed by atoms with Gasteiger partial charge in [0.2, 0.25) is 0 Å². The molecule has 0 saturated carbocycles. The molecule has 1 amide bonds. The van der Waals surface area contributed by atoms with E-state index < -0.39 is 21.9 Å². The van der Waals surface area contributed by atoms with Gasteiger partial charge in [-0.05, 0) is 37.8 Å². The molecule has 8 nitrogen and oxygen atoms in total. The highest BCUT2D eigenvalue weighted by molar-refractivity contribution is 7.90. The quantitative estimate of drug-likeness (QED) is 0.697. The predicted octanol–water partition coefficient (Wildman–Crippen LogP) is 1.01. The lowest BCUT2D eigenvalue weighted by Gasteiger charge is -2.33. The Morgan fingerprint density at radius 3 is 2.64 bits per heavy atom. The van der Waals surface area contributed by atoms with Crippen LogP contribution in [0.25, 0.3) is 0 Å². The van der Waals surface area contributed by atoms with E-state index in [9.17, 15) is 18.0 Å². The molecule has 0 radical (unpaired) electrons. The van der Waals surface area contributed by atoms with Crippen LogP contribution in [0.3, 0.4) is 0 Å². The number of piperidine rings is 1. The highest BCUT2D eigenvalue weighted by atomic mass is 32.2. The van der Waals surface area contributed by atoms with Gasteiger partial charge in [-0.3, -0.25) is 9.59 Å². The number of amides is 1. The summed E-state index contributed by atoms with van der Waals surface area (Å²) in [7, 11) is -3.69. The third-order valence-corrected chi connectivity index (χ3v) is 6.79. The van der Waals surface area contributed by atoms with Gasteiger partial charge in [-0.2, -0.15) is 8.42 Å². The van der Waals surface area contributed by atoms with Crippen molar-refractivity contribution in [2.24, 2.45) is 10.3 Å². The van der Waals surface area contributed by atoms with Gasteiger partial charge in [0.05, 0.1) is 5.92 Å². The van der Waals surface area contributed by atoms with Crippen LogP contribution in [-0.4, -0.2) is 68.7 Å². The molecule has 4 rings (SSSR count). The summed E-state index contributed by atoms with van der Waals surface area (Å²) < 4.78 is 33.8. The smallest absolute Gasteiger partial charge is 0.311 e. The standard InChI is InChI=1S/C19H23N3O5S/c23-17(21-9-3-4-10-21)13-27-19(24)14-6-5-11-22(12-14)18-15-7-1-2-8-16(15)28(25,26)20-18/h1-2,7-8,14H,3-6,9-13H2/t14-/m0/s1. The summed E-state index contributed by atoms with van der Waals surface area (Å²) in [5.74, 6) is -0.578. The Hall–Kier alpha value is -2.42. The van der Waals surface area contributed by atoms with Gasteiger partial charge in [0, 0.05) is 31.7 Å². The molecule has 3 heterocycles. The van der Waals surface area contributed by atoms with E-state index in [2.05, 4.69) is 4.40 Å². The number of likely N-dealkylation sites (tertiary alicyclic amines) is 2. The van der Waals surface area contributed by atoms with Crippen molar-refractivity contribution in [2.75, 3.05) is 32.8 Å². The number of hydrogen-bond acceptors (Lipinski definition) is 6. The fourth-order valence-corrected chi connectivity index (χ4v) is 5.21. The monoisotopic (exact) mass is 405 g/mol. The lowest BCUT2D eigenvalue weighted by molar-refractivity contribution is -0.156. The van der Waals surface area contributed by atoms with Crippen LogP contribution < -0.4 is 0 Å². The molecule has 1 aromatic rings. The van der Waals surface area contributed by atoms with Gasteiger partial charge in [0.1, 0.15) is 4.90 Å². The molecule has 3 aliphatic rings. The Morgan fingerprint density at radius 2 is 1.86 bits per heavy atom. The van der Waals surface area contributed by atoms with Gasteiger partial charge in [0.15, 0.2) is 12.4 Å². The highest BCUT2D eigenvalue weighted by Crippen LogP contribution is 2.30. The molecule has 28 heavy (non-hydrogen) atoms. The number of benzene rings is 1. The number of carbonyl (C=O) groups is 2. The first-order chi connectivity index (χ1) is 13.5. The maximum atomic E-state index is 12.5. The summed E-state index contributed by atoms with van der Waals surface area (Å²) in [6, 6.07) is 6.72. The molecule has 0 unspecified atom stereocenters. The molecule has 0 aromatic heterocycles. The van der Waals surface area contributed by atoms with Crippen molar-refractivity contribution in [3.05, 3.63) is 29.8 Å². The summed E-state index contributed by atoms with van der Waals surface area (Å²) in [5.41, 5.74) is 0.570. The average molecular weight is 405 g/mol. The molecule has 2 saturated heterocycles. The van der Waals surface area contributed by atoms with Crippen LogP contribution >= 0.6 is 0 Å². The lowest BCUT2D eigenvalue weighted by atomic mass is 9.97. The second-order valence-electron chi connectivity index (χ2n) is 7.37. The Labute approximate surface area is 164 Å². The second kappa shape index (κ2) is 7.54. The molecule has 150 valence electrons. The van der Waals surface area contributed by atoms with Crippen molar-refractivity contribution in [1.29, 1.82) is 0 Å². The Kier molecular flexibility index (Phi) is 5.09. The first kappa shape index (κ1) is 18.9. The fourth-order valence-electron chi connectivity index (χ4n) is 3.99. The molecule has 9 heteroatoms. The topological polar surface area (TPSA) is 96.3 Å². The van der Waals surface area contributed by atoms with Crippen molar-refractivity contribution < 1.29 is 22.7 Å². The van der Waals surface area contributed by atoms with Crippen molar-refractivity contribution in [3.8, 4) is 0 Å². The zero-order valence-corrected chi connectivity index (χ0v) is 16.4. The van der Waals surface area contributed by atoms with Crippen LogP contribution in [0.15, 0.2) is 33.6 Å². The fraction of sp³-hybridized carbons (Fsp3) is 0.526. The summed E-state index contributed by atoms with van der Waals surface area (Å²) in [6.45, 7) is 2.18. The van der Waals surface area contributed by atoms with Gasteiger partial charge >= 0.3 is 5.97 Å². The van der Waals surface area contributed by atoms with Crippen LogP contribution in [0.4, 0.5) is 0 Å². The molecule has 3 aliphatic heterocycles. The Bertz CT molecular complexity index is 921. The predicted molar refractivity (Wildman–Crippen MR) is 101 cm³/mol. The lowest BCUT2D eigenvalue weighted by Crippen LogP contribution is -2.43. The number of rotatable bonds is 3. The van der Waals surface area contributed by atoms with Crippen LogP contribution in [0.2, 0.25) is 0 Å². The normalized spacial score (nSPS) is 23.3. The third kappa shape index (κ3) is 3.63. The molecule has 0 aliphatic carbocycles. The van der Waals surface area contributed by atoms with Crippen LogP contribution in [0.1, 0.15) is 31.2 Å². The number of sulfonamides is 1. The van der Waals surface area contributed by atoms with Gasteiger partial charge in [-0.15, -0.1) is 4.40 Å². The van der Waals surface area contributed by atoms with E-state index in [1.165, 1.54) is 0 Å². The zero-order valence-electron chi connectivity index (χ0n) is 15.5. The summed E-state index contributed by atoms with van der Waals surface area (Å²) in [6.07, 6.45) is 3.35. The maximum Gasteiger partial charge on any atom is 0.311 e. The summed E-state index contributed by atoms with van der Waals surface area (Å²) in [4.78, 5) is 28.3. The summed E-state index contributed by atoms with van der Waals surface area (Å²) in [5, 5.41) is 0. The SMILES string of the molecule is O=C(OCC(=O)N1CCCC1)[C@H]1CCCN(C2=NS(=O)(=O)c3ccccc32)C1. The van der Waals surface area contributed by atoms with E-state index in [0.29, 0.717) is 30.9 Å². The molecular formula is C19H23N3O5S. The van der Waals surface area contributed by atoms with Gasteiger partial charge in [-0.25, -0.2) is 0 Å². The van der Waals surface area contributed by atoms with Gasteiger partial charge < -0.3 is 14.5 Å². The van der Waals surface area contributed by atoms with E-state index >= 15 is 0 Å². The Balaban J connectivity index is 1.41. The molecule has 1 atom stereocenters. The molecule has 0 spiro atoms. The van der Waals surface area contributed by atoms with E-state index in [1.54, 1.807) is 29.2 Å². The van der Waals surface area contributed by atoms with E-state index in [-0.39, 0.29) is 17.4 Å². The first-order valence-electron chi connectivity index (χ1n) is 9.59. The number of ether oxygens (including phenoxy) is 1. The van der Waals surface area contributed by atoms with Crippen LogP contribution in [0, 0.1) is 5.92 Å². The number of hydrogen-bond donors (Lipinski definition) is 0. The maximum absolute atomic E-state index is 12.5. The van der Waals surface area contributed by atoms with E-state index in [1.807, 2.05) is 4.90 Å². The Morgan fingerprint density at radius 1 is 1.11 bits per heavy atom. The minimum Gasteiger partial charge on any atom is -0.455 e. The van der Waals surface area contributed by atoms with Crippen molar-refractivity contribution in [1.82, 2.24) is 9.80 Å². The number of nitrogens with zero attached hydrogens (tertiary/aromatic N) is 3.